The van der Waals surface area contributed by atoms with Gasteiger partial charge in [0.15, 0.2) is 0 Å². The van der Waals surface area contributed by atoms with Gasteiger partial charge in [0.2, 0.25) is 17.8 Å². The molecule has 0 spiro atoms. The first kappa shape index (κ1) is 21.8. The Kier molecular flexibility index (Phi) is 5.66. The van der Waals surface area contributed by atoms with E-state index in [-0.39, 0.29) is 24.4 Å². The summed E-state index contributed by atoms with van der Waals surface area (Å²) in [6.07, 6.45) is 0.0414. The Bertz CT molecular complexity index is 1230. The maximum absolute atomic E-state index is 12.7. The van der Waals surface area contributed by atoms with E-state index in [2.05, 4.69) is 26.7 Å². The molecule has 33 heavy (non-hydrogen) atoms. The van der Waals surface area contributed by atoms with Gasteiger partial charge in [-0.2, -0.15) is 5.26 Å². The first-order valence-corrected chi connectivity index (χ1v) is 10.3. The molecule has 2 aliphatic rings. The molecule has 1 atom stereocenters. The van der Waals surface area contributed by atoms with Crippen LogP contribution in [-0.4, -0.2) is 50.5 Å². The number of nitrogens with zero attached hydrogens (tertiary/aromatic N) is 5. The molecule has 0 radical (unpaired) electrons. The van der Waals surface area contributed by atoms with E-state index in [1.807, 2.05) is 36.1 Å². The lowest BCUT2D eigenvalue weighted by Gasteiger charge is -2.20. The van der Waals surface area contributed by atoms with Crippen molar-refractivity contribution in [1.82, 2.24) is 14.9 Å². The van der Waals surface area contributed by atoms with Crippen LogP contribution in [0.3, 0.4) is 0 Å². The van der Waals surface area contributed by atoms with Crippen molar-refractivity contribution < 1.29 is 19.5 Å². The molecule has 0 saturated carbocycles. The number of para-hydroxylation sites is 2. The van der Waals surface area contributed by atoms with Crippen LogP contribution in [0, 0.1) is 18.3 Å². The highest BCUT2D eigenvalue weighted by Crippen LogP contribution is 2.38. The van der Waals surface area contributed by atoms with E-state index in [0.717, 1.165) is 11.4 Å². The molecule has 1 aromatic carbocycles. The molecule has 168 valence electrons. The summed E-state index contributed by atoms with van der Waals surface area (Å²) in [5, 5.41) is 25.0. The maximum atomic E-state index is 12.7. The van der Waals surface area contributed by atoms with Crippen LogP contribution in [0.15, 0.2) is 36.3 Å². The molecule has 3 heterocycles. The summed E-state index contributed by atoms with van der Waals surface area (Å²) in [7, 11) is 0. The van der Waals surface area contributed by atoms with Crippen LogP contribution in [0.2, 0.25) is 0 Å². The molecule has 11 nitrogen and oxygen atoms in total. The number of hydrogen-bond acceptors (Lipinski definition) is 8. The zero-order chi connectivity index (χ0) is 23.7. The van der Waals surface area contributed by atoms with Crippen molar-refractivity contribution in [3.05, 3.63) is 47.5 Å². The third-order valence-electron chi connectivity index (χ3n) is 5.55. The first-order chi connectivity index (χ1) is 15.8. The van der Waals surface area contributed by atoms with Gasteiger partial charge in [0.25, 0.3) is 0 Å². The van der Waals surface area contributed by atoms with Gasteiger partial charge >= 0.3 is 6.09 Å². The second-order valence-corrected chi connectivity index (χ2v) is 7.54. The van der Waals surface area contributed by atoms with E-state index < -0.39 is 23.9 Å². The fraction of sp³-hybridized carbons (Fsp3) is 0.273. The average molecular weight is 447 g/mol. The number of nitriles is 1. The fourth-order valence-electron chi connectivity index (χ4n) is 3.99. The second-order valence-electron chi connectivity index (χ2n) is 7.54. The maximum Gasteiger partial charge on any atom is 0.414 e. The Morgan fingerprint density at radius 3 is 2.82 bits per heavy atom. The Morgan fingerprint density at radius 1 is 1.36 bits per heavy atom. The van der Waals surface area contributed by atoms with Gasteiger partial charge in [-0.05, 0) is 38.0 Å². The number of anilines is 3. The second kappa shape index (κ2) is 8.58. The highest BCUT2D eigenvalue weighted by atomic mass is 16.4. The summed E-state index contributed by atoms with van der Waals surface area (Å²) < 4.78 is 0. The SMILES string of the molecule is CCN1C(=C(C#N)c2nc(NC(=O)[C@@H]3CCC(=O)N3C(=O)O)ncc2C)Nc2ccccc21. The number of rotatable bonds is 4. The Hall–Kier alpha value is -4.46. The lowest BCUT2D eigenvalue weighted by molar-refractivity contribution is -0.131. The normalized spacial score (nSPS) is 18.5. The average Bonchev–Trinajstić information content (AvgIpc) is 3.36. The van der Waals surface area contributed by atoms with Crippen molar-refractivity contribution >= 4 is 40.8 Å². The lowest BCUT2D eigenvalue weighted by atomic mass is 10.1. The van der Waals surface area contributed by atoms with Gasteiger partial charge in [-0.25, -0.2) is 19.7 Å². The van der Waals surface area contributed by atoms with Gasteiger partial charge in [-0.15, -0.1) is 0 Å². The molecule has 4 rings (SSSR count). The smallest absolute Gasteiger partial charge is 0.414 e. The zero-order valence-electron chi connectivity index (χ0n) is 18.0. The zero-order valence-corrected chi connectivity index (χ0v) is 18.0. The number of benzene rings is 1. The molecule has 1 saturated heterocycles. The molecule has 0 aliphatic carbocycles. The number of allylic oxidation sites excluding steroid dienone is 1. The van der Waals surface area contributed by atoms with Gasteiger partial charge in [0, 0.05) is 19.2 Å². The van der Waals surface area contributed by atoms with Crippen LogP contribution in [0.5, 0.6) is 0 Å². The van der Waals surface area contributed by atoms with Crippen molar-refractivity contribution in [3.8, 4) is 6.07 Å². The number of likely N-dealkylation sites (tertiary alicyclic amines) is 1. The van der Waals surface area contributed by atoms with Crippen LogP contribution < -0.4 is 15.5 Å². The topological polar surface area (TPSA) is 152 Å². The van der Waals surface area contributed by atoms with E-state index in [0.29, 0.717) is 28.5 Å². The van der Waals surface area contributed by atoms with Crippen LogP contribution in [0.4, 0.5) is 22.1 Å². The number of carbonyl (C=O) groups excluding carboxylic acids is 2. The quantitative estimate of drug-likeness (QED) is 0.600. The lowest BCUT2D eigenvalue weighted by Crippen LogP contribution is -2.44. The molecule has 0 bridgehead atoms. The van der Waals surface area contributed by atoms with Crippen LogP contribution in [0.1, 0.15) is 31.0 Å². The minimum Gasteiger partial charge on any atom is -0.465 e. The van der Waals surface area contributed by atoms with E-state index in [1.165, 1.54) is 6.20 Å². The highest BCUT2D eigenvalue weighted by Gasteiger charge is 2.40. The monoisotopic (exact) mass is 447 g/mol. The third-order valence-corrected chi connectivity index (χ3v) is 5.55. The molecular weight excluding hydrogens is 426 g/mol. The number of nitrogens with one attached hydrogen (secondary N) is 2. The van der Waals surface area contributed by atoms with Crippen LogP contribution in [0.25, 0.3) is 5.57 Å². The summed E-state index contributed by atoms with van der Waals surface area (Å²) in [6, 6.07) is 8.72. The Morgan fingerprint density at radius 2 is 2.12 bits per heavy atom. The number of amides is 3. The first-order valence-electron chi connectivity index (χ1n) is 10.3. The van der Waals surface area contributed by atoms with Crippen LogP contribution in [-0.2, 0) is 9.59 Å². The van der Waals surface area contributed by atoms with Gasteiger partial charge < -0.3 is 15.3 Å². The Balaban J connectivity index is 1.67. The number of aryl methyl sites for hydroxylation is 1. The van der Waals surface area contributed by atoms with E-state index in [4.69, 9.17) is 0 Å². The standard InChI is InChI=1S/C22H21N7O4/c1-3-28-15-7-5-4-6-14(15)25-19(28)13(10-23)18-12(2)11-24-21(26-18)27-20(31)16-8-9-17(30)29(16)22(32)33/h4-7,11,16,25H,3,8-9H2,1-2H3,(H,32,33)(H,24,26,27,31)/t16-/m0/s1. The molecule has 2 aromatic rings. The van der Waals surface area contributed by atoms with Crippen LogP contribution >= 0.6 is 0 Å². The van der Waals surface area contributed by atoms with Crippen molar-refractivity contribution in [3.63, 3.8) is 0 Å². The molecule has 1 fully saturated rings. The van der Waals surface area contributed by atoms with Crippen molar-refractivity contribution in [2.24, 2.45) is 0 Å². The number of hydrogen-bond donors (Lipinski definition) is 3. The van der Waals surface area contributed by atoms with Gasteiger partial charge in [0.05, 0.1) is 17.1 Å². The molecule has 3 N–H and O–H groups in total. The predicted molar refractivity (Wildman–Crippen MR) is 119 cm³/mol. The van der Waals surface area contributed by atoms with E-state index >= 15 is 0 Å². The minimum atomic E-state index is -1.48. The van der Waals surface area contributed by atoms with E-state index in [9.17, 15) is 24.8 Å². The summed E-state index contributed by atoms with van der Waals surface area (Å²) in [6.45, 7) is 4.33. The van der Waals surface area contributed by atoms with Gasteiger partial charge in [-0.3, -0.25) is 14.9 Å². The summed E-state index contributed by atoms with van der Waals surface area (Å²) in [4.78, 5) is 46.8. The third kappa shape index (κ3) is 3.82. The molecule has 2 aliphatic heterocycles. The fourth-order valence-corrected chi connectivity index (χ4v) is 3.99. The minimum absolute atomic E-state index is 0.0336. The number of carbonyl (C=O) groups is 3. The largest absolute Gasteiger partial charge is 0.465 e. The van der Waals surface area contributed by atoms with Crippen molar-refractivity contribution in [2.45, 2.75) is 32.7 Å². The molecule has 3 amide bonds. The summed E-state index contributed by atoms with van der Waals surface area (Å²) in [5.74, 6) is -0.849. The molecule has 1 aromatic heterocycles. The highest BCUT2D eigenvalue weighted by molar-refractivity contribution is 6.04. The molecular formula is C22H21N7O4. The van der Waals surface area contributed by atoms with Crippen molar-refractivity contribution in [1.29, 1.82) is 5.26 Å². The number of imide groups is 1. The van der Waals surface area contributed by atoms with Gasteiger partial charge in [0.1, 0.15) is 23.5 Å². The van der Waals surface area contributed by atoms with Crippen molar-refractivity contribution in [2.75, 3.05) is 22.1 Å². The van der Waals surface area contributed by atoms with Gasteiger partial charge in [-0.1, -0.05) is 12.1 Å². The molecule has 0 unspecified atom stereocenters. The number of carboxylic acid groups (broad SMARTS) is 1. The number of fused-ring (bicyclic) bond motifs is 1. The van der Waals surface area contributed by atoms with E-state index in [1.54, 1.807) is 6.92 Å². The summed E-state index contributed by atoms with van der Waals surface area (Å²) in [5.41, 5.74) is 3.01. The molecule has 11 heteroatoms. The number of aromatic nitrogens is 2. The Labute approximate surface area is 189 Å². The predicted octanol–water partition coefficient (Wildman–Crippen LogP) is 2.54. The summed E-state index contributed by atoms with van der Waals surface area (Å²) >= 11 is 0.